The molecule has 1 saturated heterocycles. The number of carbonyl (C=O) groups is 4. The number of esters is 2. The van der Waals surface area contributed by atoms with E-state index in [0.717, 1.165) is 0 Å². The highest BCUT2D eigenvalue weighted by Gasteiger charge is 2.68. The molecule has 0 aliphatic carbocycles. The van der Waals surface area contributed by atoms with Crippen molar-refractivity contribution in [1.29, 1.82) is 0 Å². The van der Waals surface area contributed by atoms with E-state index in [2.05, 4.69) is 0 Å². The van der Waals surface area contributed by atoms with Crippen LogP contribution in [0.2, 0.25) is 0 Å². The first-order valence-electron chi connectivity index (χ1n) is 9.65. The van der Waals surface area contributed by atoms with Crippen molar-refractivity contribution < 1.29 is 41.8 Å². The monoisotopic (exact) mass is 437 g/mol. The van der Waals surface area contributed by atoms with Gasteiger partial charge in [0, 0.05) is 6.42 Å². The first-order chi connectivity index (χ1) is 13.4. The SMILES string of the molecule is CCC(=O)OC1CC(=O)N1C(=O)COC(=O)C(CC(C)(C)C)(C(C)(C)C)C(F)(F)F. The van der Waals surface area contributed by atoms with Crippen molar-refractivity contribution in [3.05, 3.63) is 0 Å². The van der Waals surface area contributed by atoms with Gasteiger partial charge in [-0.25, -0.2) is 4.90 Å². The zero-order valence-corrected chi connectivity index (χ0v) is 18.4. The second kappa shape index (κ2) is 8.55. The van der Waals surface area contributed by atoms with Gasteiger partial charge < -0.3 is 9.47 Å². The average molecular weight is 437 g/mol. The van der Waals surface area contributed by atoms with Crippen molar-refractivity contribution in [3.8, 4) is 0 Å². The van der Waals surface area contributed by atoms with E-state index in [1.807, 2.05) is 0 Å². The summed E-state index contributed by atoms with van der Waals surface area (Å²) in [6, 6.07) is 0. The normalized spacial score (nSPS) is 19.6. The van der Waals surface area contributed by atoms with E-state index in [4.69, 9.17) is 9.47 Å². The fourth-order valence-corrected chi connectivity index (χ4v) is 3.42. The van der Waals surface area contributed by atoms with Gasteiger partial charge in [-0.05, 0) is 17.3 Å². The van der Waals surface area contributed by atoms with Crippen molar-refractivity contribution in [3.63, 3.8) is 0 Å². The molecule has 1 aliphatic heterocycles. The molecule has 172 valence electrons. The minimum Gasteiger partial charge on any atom is -0.455 e. The van der Waals surface area contributed by atoms with Gasteiger partial charge >= 0.3 is 18.1 Å². The molecule has 0 aromatic carbocycles. The first-order valence-corrected chi connectivity index (χ1v) is 9.65. The van der Waals surface area contributed by atoms with Crippen LogP contribution >= 0.6 is 0 Å². The number of rotatable bonds is 6. The van der Waals surface area contributed by atoms with Crippen LogP contribution in [0.25, 0.3) is 0 Å². The van der Waals surface area contributed by atoms with Crippen LogP contribution in [0.1, 0.15) is 67.7 Å². The number of β-lactam (4-membered cyclic amide) rings is 1. The maximum Gasteiger partial charge on any atom is 0.405 e. The molecule has 0 saturated carbocycles. The summed E-state index contributed by atoms with van der Waals surface area (Å²) in [6.45, 7) is 9.03. The fourth-order valence-electron chi connectivity index (χ4n) is 3.42. The lowest BCUT2D eigenvalue weighted by molar-refractivity contribution is -0.269. The van der Waals surface area contributed by atoms with Gasteiger partial charge in [-0.3, -0.25) is 19.2 Å². The van der Waals surface area contributed by atoms with E-state index >= 15 is 0 Å². The quantitative estimate of drug-likeness (QED) is 0.466. The Morgan fingerprint density at radius 3 is 1.97 bits per heavy atom. The third kappa shape index (κ3) is 5.31. The minimum absolute atomic E-state index is 0.0220. The molecule has 0 bridgehead atoms. The van der Waals surface area contributed by atoms with E-state index in [0.29, 0.717) is 4.90 Å². The summed E-state index contributed by atoms with van der Waals surface area (Å²) in [6.07, 6.45) is -6.83. The van der Waals surface area contributed by atoms with Gasteiger partial charge in [-0.1, -0.05) is 48.5 Å². The zero-order chi connectivity index (χ0) is 23.7. The Kier molecular flexibility index (Phi) is 7.38. The Bertz CT molecular complexity index is 689. The lowest BCUT2D eigenvalue weighted by Crippen LogP contribution is -2.59. The van der Waals surface area contributed by atoms with Crippen molar-refractivity contribution in [2.24, 2.45) is 16.2 Å². The van der Waals surface area contributed by atoms with E-state index in [1.54, 1.807) is 20.8 Å². The van der Waals surface area contributed by atoms with Crippen LogP contribution in [-0.4, -0.2) is 47.7 Å². The molecule has 1 aliphatic rings. The number of halogens is 3. The van der Waals surface area contributed by atoms with Crippen LogP contribution in [0.15, 0.2) is 0 Å². The number of ether oxygens (including phenoxy) is 2. The third-order valence-corrected chi connectivity index (χ3v) is 4.97. The molecule has 1 fully saturated rings. The summed E-state index contributed by atoms with van der Waals surface area (Å²) in [5, 5.41) is 0. The number of nitrogens with zero attached hydrogens (tertiary/aromatic N) is 1. The molecule has 1 heterocycles. The van der Waals surface area contributed by atoms with Gasteiger partial charge in [-0.2, -0.15) is 13.2 Å². The molecule has 1 rings (SSSR count). The van der Waals surface area contributed by atoms with E-state index in [9.17, 15) is 32.3 Å². The molecule has 7 nitrogen and oxygen atoms in total. The highest BCUT2D eigenvalue weighted by molar-refractivity contribution is 6.01. The summed E-state index contributed by atoms with van der Waals surface area (Å²) in [4.78, 5) is 48.7. The Labute approximate surface area is 174 Å². The van der Waals surface area contributed by atoms with Gasteiger partial charge in [0.05, 0.1) is 6.42 Å². The maximum absolute atomic E-state index is 14.2. The molecule has 0 spiro atoms. The van der Waals surface area contributed by atoms with Gasteiger partial charge in [0.2, 0.25) is 5.91 Å². The Balaban J connectivity index is 3.06. The largest absolute Gasteiger partial charge is 0.455 e. The van der Waals surface area contributed by atoms with Gasteiger partial charge in [0.15, 0.2) is 18.2 Å². The molecule has 0 N–H and O–H groups in total. The maximum atomic E-state index is 14.2. The molecule has 30 heavy (non-hydrogen) atoms. The number of hydrogen-bond acceptors (Lipinski definition) is 6. The minimum atomic E-state index is -4.94. The summed E-state index contributed by atoms with van der Waals surface area (Å²) in [7, 11) is 0. The molecule has 10 heteroatoms. The second-order valence-corrected chi connectivity index (χ2v) is 9.63. The van der Waals surface area contributed by atoms with Crippen LogP contribution in [0.3, 0.4) is 0 Å². The second-order valence-electron chi connectivity index (χ2n) is 9.63. The average Bonchev–Trinajstić information content (AvgIpc) is 2.53. The molecule has 2 atom stereocenters. The number of imide groups is 1. The molecule has 0 radical (unpaired) electrons. The van der Waals surface area contributed by atoms with E-state index in [1.165, 1.54) is 27.7 Å². The number of likely N-dealkylation sites (tertiary alicyclic amines) is 1. The van der Waals surface area contributed by atoms with Gasteiger partial charge in [-0.15, -0.1) is 0 Å². The van der Waals surface area contributed by atoms with E-state index < -0.39 is 65.4 Å². The van der Waals surface area contributed by atoms with Crippen molar-refractivity contribution in [2.75, 3.05) is 6.61 Å². The fraction of sp³-hybridized carbons (Fsp3) is 0.800. The zero-order valence-electron chi connectivity index (χ0n) is 18.4. The summed E-state index contributed by atoms with van der Waals surface area (Å²) in [5.74, 6) is -3.94. The standard InChI is InChI=1S/C20H30F3NO6/c1-8-15(27)30-14-9-12(25)24(14)13(26)10-29-16(28)19(18(5,6)7,20(21,22)23)11-17(2,3)4/h14H,8-11H2,1-7H3. The highest BCUT2D eigenvalue weighted by atomic mass is 19.4. The number of amides is 2. The lowest BCUT2D eigenvalue weighted by atomic mass is 9.59. The molecular formula is C20H30F3NO6. The van der Waals surface area contributed by atoms with Crippen LogP contribution in [0.5, 0.6) is 0 Å². The Hall–Kier alpha value is -2.13. The molecular weight excluding hydrogens is 407 g/mol. The van der Waals surface area contributed by atoms with Crippen molar-refractivity contribution in [2.45, 2.75) is 80.1 Å². The van der Waals surface area contributed by atoms with E-state index in [-0.39, 0.29) is 12.8 Å². The van der Waals surface area contributed by atoms with Crippen LogP contribution in [0.4, 0.5) is 13.2 Å². The summed E-state index contributed by atoms with van der Waals surface area (Å²) < 4.78 is 52.4. The van der Waals surface area contributed by atoms with Crippen LogP contribution in [0, 0.1) is 16.2 Å². The van der Waals surface area contributed by atoms with Gasteiger partial charge in [0.25, 0.3) is 5.91 Å². The Morgan fingerprint density at radius 1 is 1.07 bits per heavy atom. The number of carbonyl (C=O) groups excluding carboxylic acids is 4. The Morgan fingerprint density at radius 2 is 1.60 bits per heavy atom. The summed E-state index contributed by atoms with van der Waals surface area (Å²) in [5.41, 5.74) is -5.31. The van der Waals surface area contributed by atoms with Crippen LogP contribution < -0.4 is 0 Å². The molecule has 0 aromatic heterocycles. The highest BCUT2D eigenvalue weighted by Crippen LogP contribution is 2.57. The van der Waals surface area contributed by atoms with Gasteiger partial charge in [0.1, 0.15) is 0 Å². The van der Waals surface area contributed by atoms with Crippen molar-refractivity contribution >= 4 is 23.8 Å². The first kappa shape index (κ1) is 25.9. The lowest BCUT2D eigenvalue weighted by Gasteiger charge is -2.46. The smallest absolute Gasteiger partial charge is 0.405 e. The van der Waals surface area contributed by atoms with Crippen LogP contribution in [-0.2, 0) is 28.7 Å². The molecule has 2 amide bonds. The predicted octanol–water partition coefficient (Wildman–Crippen LogP) is 3.60. The summed E-state index contributed by atoms with van der Waals surface area (Å²) >= 11 is 0. The number of hydrogen-bond donors (Lipinski definition) is 0. The molecule has 0 aromatic rings. The van der Waals surface area contributed by atoms with Crippen molar-refractivity contribution in [1.82, 2.24) is 4.90 Å². The predicted molar refractivity (Wildman–Crippen MR) is 99.6 cm³/mol. The number of alkyl halides is 3. The third-order valence-electron chi connectivity index (χ3n) is 4.97. The molecule has 2 unspecified atom stereocenters. The topological polar surface area (TPSA) is 90.0 Å².